The zero-order valence-corrected chi connectivity index (χ0v) is 12.1. The van der Waals surface area contributed by atoms with Gasteiger partial charge in [0, 0.05) is 12.1 Å². The fourth-order valence-corrected chi connectivity index (χ4v) is 3.79. The molecule has 1 heteroatoms. The average Bonchev–Trinajstić information content (AvgIpc) is 2.59. The minimum atomic E-state index is 0.774. The summed E-state index contributed by atoms with van der Waals surface area (Å²) in [5.74, 6) is 1.68. The third-order valence-corrected chi connectivity index (χ3v) is 5.22. The van der Waals surface area contributed by atoms with Gasteiger partial charge in [-0.2, -0.15) is 0 Å². The van der Waals surface area contributed by atoms with Crippen molar-refractivity contribution in [2.24, 2.45) is 5.92 Å². The summed E-state index contributed by atoms with van der Waals surface area (Å²) in [7, 11) is 0. The molecule has 0 saturated heterocycles. The first kappa shape index (κ1) is 13.2. The van der Waals surface area contributed by atoms with Crippen molar-refractivity contribution in [2.45, 2.75) is 69.9 Å². The Morgan fingerprint density at radius 1 is 0.947 bits per heavy atom. The zero-order chi connectivity index (χ0) is 13.1. The van der Waals surface area contributed by atoms with E-state index in [9.17, 15) is 0 Å². The molecule has 0 spiro atoms. The van der Waals surface area contributed by atoms with Gasteiger partial charge in [0.1, 0.15) is 0 Å². The SMILES string of the molecule is CC1CCCCCC1NC1CC(c2ccccc2)C1. The molecule has 2 fully saturated rings. The summed E-state index contributed by atoms with van der Waals surface area (Å²) >= 11 is 0. The minimum Gasteiger partial charge on any atom is -0.311 e. The lowest BCUT2D eigenvalue weighted by atomic mass is 9.75. The highest BCUT2D eigenvalue weighted by Gasteiger charge is 2.32. The average molecular weight is 257 g/mol. The lowest BCUT2D eigenvalue weighted by Gasteiger charge is -2.40. The van der Waals surface area contributed by atoms with Gasteiger partial charge in [0.15, 0.2) is 0 Å². The van der Waals surface area contributed by atoms with Crippen LogP contribution in [-0.4, -0.2) is 12.1 Å². The number of benzene rings is 1. The van der Waals surface area contributed by atoms with Crippen LogP contribution in [0.1, 0.15) is 63.4 Å². The van der Waals surface area contributed by atoms with E-state index in [1.54, 1.807) is 0 Å². The summed E-state index contributed by atoms with van der Waals surface area (Å²) in [4.78, 5) is 0. The number of nitrogens with one attached hydrogen (secondary N) is 1. The van der Waals surface area contributed by atoms with Crippen LogP contribution >= 0.6 is 0 Å². The second kappa shape index (κ2) is 6.09. The Kier molecular flexibility index (Phi) is 4.22. The number of hydrogen-bond donors (Lipinski definition) is 1. The maximum atomic E-state index is 3.94. The molecule has 1 N–H and O–H groups in total. The molecule has 0 bridgehead atoms. The first-order valence-corrected chi connectivity index (χ1v) is 8.14. The lowest BCUT2D eigenvalue weighted by molar-refractivity contribution is 0.229. The Balaban J connectivity index is 1.48. The summed E-state index contributed by atoms with van der Waals surface area (Å²) in [5.41, 5.74) is 1.54. The van der Waals surface area contributed by atoms with Gasteiger partial charge in [-0.3, -0.25) is 0 Å². The monoisotopic (exact) mass is 257 g/mol. The number of rotatable bonds is 3. The van der Waals surface area contributed by atoms with Gasteiger partial charge in [0.25, 0.3) is 0 Å². The predicted molar refractivity (Wildman–Crippen MR) is 81.4 cm³/mol. The van der Waals surface area contributed by atoms with Gasteiger partial charge in [-0.25, -0.2) is 0 Å². The van der Waals surface area contributed by atoms with E-state index in [2.05, 4.69) is 42.6 Å². The molecule has 0 radical (unpaired) electrons. The van der Waals surface area contributed by atoms with E-state index in [0.717, 1.165) is 23.9 Å². The molecule has 3 rings (SSSR count). The van der Waals surface area contributed by atoms with Crippen LogP contribution in [0.25, 0.3) is 0 Å². The zero-order valence-electron chi connectivity index (χ0n) is 12.1. The van der Waals surface area contributed by atoms with Crippen LogP contribution in [0.2, 0.25) is 0 Å². The van der Waals surface area contributed by atoms with Crippen LogP contribution in [0, 0.1) is 5.92 Å². The van der Waals surface area contributed by atoms with Crippen molar-refractivity contribution in [1.29, 1.82) is 0 Å². The van der Waals surface area contributed by atoms with Gasteiger partial charge in [0.05, 0.1) is 0 Å². The van der Waals surface area contributed by atoms with Crippen molar-refractivity contribution in [3.8, 4) is 0 Å². The Bertz CT molecular complexity index is 380. The van der Waals surface area contributed by atoms with Gasteiger partial charge in [0.2, 0.25) is 0 Å². The van der Waals surface area contributed by atoms with Gasteiger partial charge in [-0.05, 0) is 43.1 Å². The van der Waals surface area contributed by atoms with Crippen molar-refractivity contribution >= 4 is 0 Å². The highest BCUT2D eigenvalue weighted by Crippen LogP contribution is 2.37. The van der Waals surface area contributed by atoms with Crippen molar-refractivity contribution in [1.82, 2.24) is 5.32 Å². The molecule has 0 amide bonds. The normalized spacial score (nSPS) is 35.4. The highest BCUT2D eigenvalue weighted by atomic mass is 15.0. The van der Waals surface area contributed by atoms with Crippen molar-refractivity contribution in [3.05, 3.63) is 35.9 Å². The molecule has 104 valence electrons. The molecule has 2 aliphatic rings. The maximum absolute atomic E-state index is 3.94. The lowest BCUT2D eigenvalue weighted by Crippen LogP contribution is -2.47. The molecule has 2 unspecified atom stereocenters. The van der Waals surface area contributed by atoms with Crippen LogP contribution in [0.4, 0.5) is 0 Å². The molecule has 1 aromatic carbocycles. The molecule has 2 saturated carbocycles. The molecule has 0 heterocycles. The molecule has 2 atom stereocenters. The first-order chi connectivity index (χ1) is 9.33. The molecular weight excluding hydrogens is 230 g/mol. The van der Waals surface area contributed by atoms with Crippen molar-refractivity contribution in [3.63, 3.8) is 0 Å². The fourth-order valence-electron chi connectivity index (χ4n) is 3.79. The third kappa shape index (κ3) is 3.20. The molecule has 0 aromatic heterocycles. The van der Waals surface area contributed by atoms with E-state index in [1.807, 2.05) is 0 Å². The molecule has 2 aliphatic carbocycles. The van der Waals surface area contributed by atoms with Crippen LogP contribution in [-0.2, 0) is 0 Å². The number of hydrogen-bond acceptors (Lipinski definition) is 1. The Morgan fingerprint density at radius 2 is 1.68 bits per heavy atom. The molecule has 19 heavy (non-hydrogen) atoms. The molecule has 1 nitrogen and oxygen atoms in total. The Morgan fingerprint density at radius 3 is 2.47 bits per heavy atom. The minimum absolute atomic E-state index is 0.774. The van der Waals surface area contributed by atoms with E-state index in [1.165, 1.54) is 50.5 Å². The quantitative estimate of drug-likeness (QED) is 0.787. The van der Waals surface area contributed by atoms with Gasteiger partial charge in [-0.1, -0.05) is 56.5 Å². The Labute approximate surface area is 117 Å². The van der Waals surface area contributed by atoms with E-state index < -0.39 is 0 Å². The summed E-state index contributed by atoms with van der Waals surface area (Å²) in [6.45, 7) is 2.44. The molecule has 0 aliphatic heterocycles. The van der Waals surface area contributed by atoms with Crippen molar-refractivity contribution in [2.75, 3.05) is 0 Å². The molecular formula is C18H27N. The van der Waals surface area contributed by atoms with Crippen LogP contribution in [0.15, 0.2) is 30.3 Å². The summed E-state index contributed by atoms with van der Waals surface area (Å²) in [5, 5.41) is 3.94. The summed E-state index contributed by atoms with van der Waals surface area (Å²) in [6, 6.07) is 12.6. The van der Waals surface area contributed by atoms with E-state index >= 15 is 0 Å². The second-order valence-electron chi connectivity index (χ2n) is 6.66. The maximum Gasteiger partial charge on any atom is 0.00952 e. The smallest absolute Gasteiger partial charge is 0.00952 e. The summed E-state index contributed by atoms with van der Waals surface area (Å²) < 4.78 is 0. The highest BCUT2D eigenvalue weighted by molar-refractivity contribution is 5.22. The largest absolute Gasteiger partial charge is 0.311 e. The standard InChI is InChI=1S/C18H27N/c1-14-8-4-2-7-11-18(14)19-17-12-16(13-17)15-9-5-3-6-10-15/h3,5-6,9-10,14,16-19H,2,4,7-8,11-13H2,1H3. The predicted octanol–water partition coefficient (Wildman–Crippen LogP) is 4.49. The van der Waals surface area contributed by atoms with Gasteiger partial charge < -0.3 is 5.32 Å². The van der Waals surface area contributed by atoms with E-state index in [0.29, 0.717) is 0 Å². The van der Waals surface area contributed by atoms with E-state index in [4.69, 9.17) is 0 Å². The second-order valence-corrected chi connectivity index (χ2v) is 6.66. The topological polar surface area (TPSA) is 12.0 Å². The van der Waals surface area contributed by atoms with Gasteiger partial charge in [-0.15, -0.1) is 0 Å². The third-order valence-electron chi connectivity index (χ3n) is 5.22. The Hall–Kier alpha value is -0.820. The van der Waals surface area contributed by atoms with E-state index in [-0.39, 0.29) is 0 Å². The van der Waals surface area contributed by atoms with Crippen LogP contribution in [0.3, 0.4) is 0 Å². The fraction of sp³-hybridized carbons (Fsp3) is 0.667. The van der Waals surface area contributed by atoms with Crippen molar-refractivity contribution < 1.29 is 0 Å². The van der Waals surface area contributed by atoms with Gasteiger partial charge >= 0.3 is 0 Å². The molecule has 1 aromatic rings. The van der Waals surface area contributed by atoms with Crippen LogP contribution in [0.5, 0.6) is 0 Å². The first-order valence-electron chi connectivity index (χ1n) is 8.14. The summed E-state index contributed by atoms with van der Waals surface area (Å²) in [6.07, 6.45) is 9.81. The van der Waals surface area contributed by atoms with Crippen LogP contribution < -0.4 is 5.32 Å².